The average Bonchev–Trinajstić information content (AvgIpc) is 3.37. The second-order valence-corrected chi connectivity index (χ2v) is 7.24. The summed E-state index contributed by atoms with van der Waals surface area (Å²) < 4.78 is 0. The van der Waals surface area contributed by atoms with Crippen molar-refractivity contribution < 1.29 is 14.4 Å². The maximum Gasteiger partial charge on any atom is 0.260 e. The number of aromatic amines is 1. The molecule has 0 spiro atoms. The van der Waals surface area contributed by atoms with E-state index in [2.05, 4.69) is 15.3 Å². The molecule has 3 heterocycles. The topological polar surface area (TPSA) is 98.4 Å². The number of anilines is 2. The van der Waals surface area contributed by atoms with Crippen molar-refractivity contribution in [1.82, 2.24) is 14.9 Å². The van der Waals surface area contributed by atoms with E-state index in [-0.39, 0.29) is 24.1 Å². The van der Waals surface area contributed by atoms with Gasteiger partial charge in [0, 0.05) is 36.5 Å². The normalized spacial score (nSPS) is 16.9. The quantitative estimate of drug-likeness (QED) is 0.687. The number of carbonyl (C=O) groups excluding carboxylic acids is 3. The Kier molecular flexibility index (Phi) is 4.31. The van der Waals surface area contributed by atoms with Crippen molar-refractivity contribution in [2.24, 2.45) is 0 Å². The summed E-state index contributed by atoms with van der Waals surface area (Å²) in [5.74, 6) is -0.0436. The first-order valence-corrected chi connectivity index (χ1v) is 9.77. The predicted molar refractivity (Wildman–Crippen MR) is 110 cm³/mol. The molecular formula is C22H19N5O3. The van der Waals surface area contributed by atoms with E-state index in [9.17, 15) is 14.4 Å². The number of hydrogen-bond acceptors (Lipinski definition) is 4. The number of para-hydroxylation sites is 1. The lowest BCUT2D eigenvalue weighted by Gasteiger charge is -2.41. The molecular weight excluding hydrogens is 382 g/mol. The van der Waals surface area contributed by atoms with Gasteiger partial charge in [-0.25, -0.2) is 4.98 Å². The van der Waals surface area contributed by atoms with E-state index in [0.29, 0.717) is 35.7 Å². The summed E-state index contributed by atoms with van der Waals surface area (Å²) in [5.41, 5.74) is 2.54. The SMILES string of the molecule is O=C(CCCN1C(=O)c2ccccc2N2C(=O)c3ccccc3[C@@H]12)Nc1ncc[nH]1. The van der Waals surface area contributed by atoms with Crippen LogP contribution in [0.15, 0.2) is 60.9 Å². The van der Waals surface area contributed by atoms with E-state index < -0.39 is 6.17 Å². The molecule has 2 aliphatic heterocycles. The maximum absolute atomic E-state index is 13.3. The molecule has 0 saturated heterocycles. The molecule has 2 aliphatic rings. The number of rotatable bonds is 5. The van der Waals surface area contributed by atoms with E-state index in [0.717, 1.165) is 5.56 Å². The Balaban J connectivity index is 1.41. The summed E-state index contributed by atoms with van der Waals surface area (Å²) in [7, 11) is 0. The minimum Gasteiger partial charge on any atom is -0.331 e. The van der Waals surface area contributed by atoms with Crippen LogP contribution in [0.4, 0.5) is 11.6 Å². The van der Waals surface area contributed by atoms with Crippen LogP contribution in [0.2, 0.25) is 0 Å². The van der Waals surface area contributed by atoms with Gasteiger partial charge in [0.1, 0.15) is 6.17 Å². The second kappa shape index (κ2) is 7.14. The molecule has 3 amide bonds. The molecule has 0 radical (unpaired) electrons. The molecule has 30 heavy (non-hydrogen) atoms. The van der Waals surface area contributed by atoms with Gasteiger partial charge in [0.05, 0.1) is 11.3 Å². The van der Waals surface area contributed by atoms with Crippen LogP contribution in [-0.4, -0.2) is 39.1 Å². The summed E-state index contributed by atoms with van der Waals surface area (Å²) in [6.07, 6.45) is 3.38. The Labute approximate surface area is 172 Å². The van der Waals surface area contributed by atoms with Crippen LogP contribution in [-0.2, 0) is 4.79 Å². The molecule has 1 atom stereocenters. The van der Waals surface area contributed by atoms with Crippen molar-refractivity contribution in [2.75, 3.05) is 16.8 Å². The first-order valence-electron chi connectivity index (χ1n) is 9.77. The number of carbonyl (C=O) groups is 3. The van der Waals surface area contributed by atoms with Crippen LogP contribution < -0.4 is 10.2 Å². The van der Waals surface area contributed by atoms with Crippen LogP contribution in [0, 0.1) is 0 Å². The molecule has 0 saturated carbocycles. The summed E-state index contributed by atoms with van der Waals surface area (Å²) in [6.45, 7) is 0.349. The van der Waals surface area contributed by atoms with Gasteiger partial charge in [-0.2, -0.15) is 0 Å². The Morgan fingerprint density at radius 1 is 1.03 bits per heavy atom. The highest BCUT2D eigenvalue weighted by atomic mass is 16.2. The molecule has 1 aromatic heterocycles. The largest absolute Gasteiger partial charge is 0.331 e. The Morgan fingerprint density at radius 2 is 1.80 bits per heavy atom. The highest BCUT2D eigenvalue weighted by Crippen LogP contribution is 2.45. The number of fused-ring (bicyclic) bond motifs is 5. The summed E-state index contributed by atoms with van der Waals surface area (Å²) in [4.78, 5) is 48.7. The standard InChI is InChI=1S/C22H19N5O3/c28-18(25-22-23-11-12-24-22)10-5-13-26-19-14-6-1-2-7-15(14)21(30)27(19)17-9-4-3-8-16(17)20(26)29/h1-4,6-9,11-12,19H,5,10,13H2,(H2,23,24,25,28)/t19-/m0/s1. The van der Waals surface area contributed by atoms with E-state index in [1.807, 2.05) is 24.3 Å². The summed E-state index contributed by atoms with van der Waals surface area (Å²) >= 11 is 0. The van der Waals surface area contributed by atoms with Crippen LogP contribution in [0.3, 0.4) is 0 Å². The van der Waals surface area contributed by atoms with E-state index in [1.165, 1.54) is 0 Å². The molecule has 150 valence electrons. The van der Waals surface area contributed by atoms with Crippen LogP contribution in [0.1, 0.15) is 45.3 Å². The number of nitrogens with one attached hydrogen (secondary N) is 2. The van der Waals surface area contributed by atoms with Crippen molar-refractivity contribution in [2.45, 2.75) is 19.0 Å². The number of imidazole rings is 1. The minimum atomic E-state index is -0.496. The lowest BCUT2D eigenvalue weighted by molar-refractivity contribution is -0.116. The van der Waals surface area contributed by atoms with Crippen molar-refractivity contribution in [3.05, 3.63) is 77.6 Å². The molecule has 2 N–H and O–H groups in total. The third kappa shape index (κ3) is 2.85. The zero-order chi connectivity index (χ0) is 20.7. The highest BCUT2D eigenvalue weighted by Gasteiger charge is 2.47. The lowest BCUT2D eigenvalue weighted by atomic mass is 10.0. The van der Waals surface area contributed by atoms with E-state index >= 15 is 0 Å². The lowest BCUT2D eigenvalue weighted by Crippen LogP contribution is -2.48. The van der Waals surface area contributed by atoms with E-state index in [1.54, 1.807) is 46.5 Å². The Bertz CT molecular complexity index is 1140. The number of aromatic nitrogens is 2. The van der Waals surface area contributed by atoms with Gasteiger partial charge in [-0.3, -0.25) is 24.6 Å². The van der Waals surface area contributed by atoms with Gasteiger partial charge in [-0.05, 0) is 24.6 Å². The van der Waals surface area contributed by atoms with Gasteiger partial charge >= 0.3 is 0 Å². The molecule has 0 fully saturated rings. The number of hydrogen-bond donors (Lipinski definition) is 2. The fourth-order valence-electron chi connectivity index (χ4n) is 4.14. The number of nitrogens with zero attached hydrogens (tertiary/aromatic N) is 3. The highest BCUT2D eigenvalue weighted by molar-refractivity contribution is 6.16. The third-order valence-corrected chi connectivity index (χ3v) is 5.44. The fraction of sp³-hybridized carbons (Fsp3) is 0.182. The van der Waals surface area contributed by atoms with E-state index in [4.69, 9.17) is 0 Å². The Hall–Kier alpha value is -3.94. The van der Waals surface area contributed by atoms with Crippen molar-refractivity contribution in [3.8, 4) is 0 Å². The zero-order valence-corrected chi connectivity index (χ0v) is 16.0. The Morgan fingerprint density at radius 3 is 2.60 bits per heavy atom. The van der Waals surface area contributed by atoms with Gasteiger partial charge in [-0.1, -0.05) is 30.3 Å². The third-order valence-electron chi connectivity index (χ3n) is 5.44. The molecule has 5 rings (SSSR count). The average molecular weight is 401 g/mol. The van der Waals surface area contributed by atoms with Crippen molar-refractivity contribution >= 4 is 29.4 Å². The number of amides is 3. The molecule has 0 unspecified atom stereocenters. The maximum atomic E-state index is 13.3. The minimum absolute atomic E-state index is 0.115. The van der Waals surface area contributed by atoms with Gasteiger partial charge in [0.15, 0.2) is 0 Å². The second-order valence-electron chi connectivity index (χ2n) is 7.24. The first kappa shape index (κ1) is 18.1. The van der Waals surface area contributed by atoms with Gasteiger partial charge < -0.3 is 9.88 Å². The monoisotopic (exact) mass is 401 g/mol. The summed E-state index contributed by atoms with van der Waals surface area (Å²) in [6, 6.07) is 14.5. The van der Waals surface area contributed by atoms with Crippen LogP contribution >= 0.6 is 0 Å². The molecule has 2 aromatic carbocycles. The molecule has 0 bridgehead atoms. The smallest absolute Gasteiger partial charge is 0.260 e. The summed E-state index contributed by atoms with van der Waals surface area (Å²) in [5, 5.41) is 2.68. The van der Waals surface area contributed by atoms with Crippen molar-refractivity contribution in [3.63, 3.8) is 0 Å². The fourth-order valence-corrected chi connectivity index (χ4v) is 4.14. The van der Waals surface area contributed by atoms with Gasteiger partial charge in [0.25, 0.3) is 11.8 Å². The molecule has 8 nitrogen and oxygen atoms in total. The zero-order valence-electron chi connectivity index (χ0n) is 16.0. The van der Waals surface area contributed by atoms with Crippen LogP contribution in [0.5, 0.6) is 0 Å². The van der Waals surface area contributed by atoms with Crippen LogP contribution in [0.25, 0.3) is 0 Å². The van der Waals surface area contributed by atoms with Crippen molar-refractivity contribution in [1.29, 1.82) is 0 Å². The molecule has 0 aliphatic carbocycles. The van der Waals surface area contributed by atoms with Gasteiger partial charge in [0.2, 0.25) is 11.9 Å². The first-order chi connectivity index (χ1) is 14.6. The van der Waals surface area contributed by atoms with Gasteiger partial charge in [-0.15, -0.1) is 0 Å². The number of benzene rings is 2. The predicted octanol–water partition coefficient (Wildman–Crippen LogP) is 2.94. The molecule has 3 aromatic rings. The number of H-pyrrole nitrogens is 1. The molecule has 8 heteroatoms.